The van der Waals surface area contributed by atoms with Gasteiger partial charge in [-0.25, -0.2) is 8.42 Å². The molecule has 10 heteroatoms. The summed E-state index contributed by atoms with van der Waals surface area (Å²) in [4.78, 5) is 3.27. The fourth-order valence-electron chi connectivity index (χ4n) is 3.61. The first-order valence-corrected chi connectivity index (χ1v) is 12.2. The van der Waals surface area contributed by atoms with Crippen molar-refractivity contribution >= 4 is 37.5 Å². The summed E-state index contributed by atoms with van der Waals surface area (Å²) >= 11 is 0. The molecule has 1 aromatic heterocycles. The van der Waals surface area contributed by atoms with Crippen LogP contribution < -0.4 is 14.8 Å². The van der Waals surface area contributed by atoms with Crippen molar-refractivity contribution in [3.05, 3.63) is 60.2 Å². The van der Waals surface area contributed by atoms with Crippen LogP contribution >= 0.6 is 0 Å². The Morgan fingerprint density at radius 2 is 1.73 bits per heavy atom. The lowest BCUT2D eigenvalue weighted by Gasteiger charge is -2.15. The molecule has 3 aromatic carbocycles. The Hall–Kier alpha value is -3.47. The molecular formula is C23H25N3O6S. The van der Waals surface area contributed by atoms with Crippen molar-refractivity contribution in [2.45, 2.75) is 6.10 Å². The van der Waals surface area contributed by atoms with E-state index in [9.17, 15) is 23.7 Å². The number of nitrogens with one attached hydrogen (secondary N) is 3. The molecule has 4 rings (SSSR count). The fraction of sp³-hybridized carbons (Fsp3) is 0.217. The second-order valence-electron chi connectivity index (χ2n) is 7.78. The van der Waals surface area contributed by atoms with Crippen molar-refractivity contribution in [1.82, 2.24) is 10.3 Å². The molecule has 0 aliphatic heterocycles. The maximum atomic E-state index is 11.4. The maximum Gasteiger partial charge on any atom is 0.229 e. The Morgan fingerprint density at radius 1 is 1.00 bits per heavy atom. The molecule has 0 spiro atoms. The number of aliphatic hydroxyl groups excluding tert-OH is 1. The number of rotatable bonds is 9. The van der Waals surface area contributed by atoms with Crippen molar-refractivity contribution in [3.8, 4) is 17.2 Å². The summed E-state index contributed by atoms with van der Waals surface area (Å²) in [6.07, 6.45) is 0.0857. The van der Waals surface area contributed by atoms with Crippen molar-refractivity contribution in [2.75, 3.05) is 30.7 Å². The number of aromatic hydroxyl groups is 2. The van der Waals surface area contributed by atoms with Crippen molar-refractivity contribution in [3.63, 3.8) is 0 Å². The highest BCUT2D eigenvalue weighted by molar-refractivity contribution is 7.92. The SMILES string of the molecule is CS(=O)(=O)Nc1cc(C(O)CNCCOc2ccc3c(c2)[nH]c2cc(O)ccc23)ccc1O. The number of benzene rings is 3. The minimum atomic E-state index is -3.55. The molecule has 174 valence electrons. The molecule has 0 bridgehead atoms. The summed E-state index contributed by atoms with van der Waals surface area (Å²) in [5.74, 6) is 0.672. The van der Waals surface area contributed by atoms with Crippen molar-refractivity contribution in [1.29, 1.82) is 0 Å². The Kier molecular flexibility index (Phi) is 6.32. The first-order chi connectivity index (χ1) is 15.7. The van der Waals surface area contributed by atoms with Crippen LogP contribution in [0.25, 0.3) is 21.8 Å². The molecule has 1 unspecified atom stereocenters. The largest absolute Gasteiger partial charge is 0.508 e. The average Bonchev–Trinajstić information content (AvgIpc) is 3.10. The quantitative estimate of drug-likeness (QED) is 0.163. The van der Waals surface area contributed by atoms with Gasteiger partial charge in [-0.3, -0.25) is 4.72 Å². The van der Waals surface area contributed by atoms with Gasteiger partial charge in [-0.2, -0.15) is 0 Å². The number of H-pyrrole nitrogens is 1. The van der Waals surface area contributed by atoms with E-state index in [0.29, 0.717) is 24.5 Å². The minimum Gasteiger partial charge on any atom is -0.508 e. The maximum absolute atomic E-state index is 11.4. The van der Waals surface area contributed by atoms with Crippen LogP contribution in [0.15, 0.2) is 54.6 Å². The van der Waals surface area contributed by atoms with Crippen LogP contribution in [0, 0.1) is 0 Å². The van der Waals surface area contributed by atoms with Crippen LogP contribution in [0.3, 0.4) is 0 Å². The first kappa shape index (κ1) is 22.7. The summed E-state index contributed by atoms with van der Waals surface area (Å²) in [5.41, 5.74) is 2.23. The average molecular weight is 472 g/mol. The fourth-order valence-corrected chi connectivity index (χ4v) is 4.17. The minimum absolute atomic E-state index is 0.0139. The van der Waals surface area contributed by atoms with Crippen LogP contribution in [-0.4, -0.2) is 54.7 Å². The molecule has 0 aliphatic carbocycles. The lowest BCUT2D eigenvalue weighted by Crippen LogP contribution is -2.26. The summed E-state index contributed by atoms with van der Waals surface area (Å²) < 4.78 is 30.8. The molecule has 1 heterocycles. The monoisotopic (exact) mass is 471 g/mol. The predicted molar refractivity (Wildman–Crippen MR) is 127 cm³/mol. The standard InChI is InChI=1S/C23H25N3O6S/c1-33(30,31)26-21-10-14(2-7-22(21)28)23(29)13-24-8-9-32-16-4-6-18-17-5-3-15(27)11-19(17)25-20(18)12-16/h2-7,10-12,23-29H,8-9,13H2,1H3. The zero-order chi connectivity index (χ0) is 23.6. The van der Waals surface area contributed by atoms with E-state index in [1.807, 2.05) is 24.3 Å². The summed E-state index contributed by atoms with van der Waals surface area (Å²) in [7, 11) is -3.55. The van der Waals surface area contributed by atoms with E-state index in [-0.39, 0.29) is 23.7 Å². The molecule has 0 saturated carbocycles. The molecule has 6 N–H and O–H groups in total. The van der Waals surface area contributed by atoms with Crippen LogP contribution in [0.4, 0.5) is 5.69 Å². The van der Waals surface area contributed by atoms with Gasteiger partial charge in [0.1, 0.15) is 23.9 Å². The third-order valence-corrected chi connectivity index (χ3v) is 5.73. The highest BCUT2D eigenvalue weighted by Crippen LogP contribution is 2.30. The third-order valence-electron chi connectivity index (χ3n) is 5.14. The summed E-state index contributed by atoms with van der Waals surface area (Å²) in [6, 6.07) is 15.2. The number of aliphatic hydroxyl groups is 1. The van der Waals surface area contributed by atoms with Gasteiger partial charge in [-0.05, 0) is 42.0 Å². The molecule has 0 amide bonds. The van der Waals surface area contributed by atoms with Gasteiger partial charge in [-0.15, -0.1) is 0 Å². The van der Waals surface area contributed by atoms with E-state index in [1.54, 1.807) is 12.1 Å². The number of ether oxygens (including phenoxy) is 1. The second kappa shape index (κ2) is 9.18. The number of phenols is 2. The number of fused-ring (bicyclic) bond motifs is 3. The molecule has 0 saturated heterocycles. The lowest BCUT2D eigenvalue weighted by molar-refractivity contribution is 0.172. The lowest BCUT2D eigenvalue weighted by atomic mass is 10.1. The number of hydrogen-bond acceptors (Lipinski definition) is 7. The van der Waals surface area contributed by atoms with Gasteiger partial charge in [0, 0.05) is 36.0 Å². The topological polar surface area (TPSA) is 144 Å². The Bertz CT molecular complexity index is 1400. The van der Waals surface area contributed by atoms with E-state index >= 15 is 0 Å². The van der Waals surface area contributed by atoms with E-state index in [2.05, 4.69) is 15.0 Å². The molecule has 0 radical (unpaired) electrons. The normalized spacial score (nSPS) is 12.8. The number of phenolic OH excluding ortho intramolecular Hbond substituents is 2. The Morgan fingerprint density at radius 3 is 2.48 bits per heavy atom. The third kappa shape index (κ3) is 5.48. The first-order valence-electron chi connectivity index (χ1n) is 10.3. The smallest absolute Gasteiger partial charge is 0.229 e. The van der Waals surface area contributed by atoms with Crippen LogP contribution in [0.5, 0.6) is 17.2 Å². The molecule has 9 nitrogen and oxygen atoms in total. The van der Waals surface area contributed by atoms with E-state index in [0.717, 1.165) is 28.1 Å². The van der Waals surface area contributed by atoms with Gasteiger partial charge in [0.05, 0.1) is 29.1 Å². The molecule has 0 fully saturated rings. The summed E-state index contributed by atoms with van der Waals surface area (Å²) in [6.45, 7) is 1.06. The zero-order valence-corrected chi connectivity index (χ0v) is 18.7. The van der Waals surface area contributed by atoms with Gasteiger partial charge in [-0.1, -0.05) is 6.07 Å². The number of sulfonamides is 1. The van der Waals surface area contributed by atoms with Crippen LogP contribution in [0.2, 0.25) is 0 Å². The van der Waals surface area contributed by atoms with Crippen LogP contribution in [0.1, 0.15) is 11.7 Å². The van der Waals surface area contributed by atoms with Gasteiger partial charge >= 0.3 is 0 Å². The highest BCUT2D eigenvalue weighted by atomic mass is 32.2. The van der Waals surface area contributed by atoms with Gasteiger partial charge in [0.15, 0.2) is 0 Å². The van der Waals surface area contributed by atoms with E-state index < -0.39 is 16.1 Å². The van der Waals surface area contributed by atoms with Gasteiger partial charge < -0.3 is 30.4 Å². The highest BCUT2D eigenvalue weighted by Gasteiger charge is 2.13. The van der Waals surface area contributed by atoms with E-state index in [1.165, 1.54) is 18.2 Å². The van der Waals surface area contributed by atoms with Gasteiger partial charge in [0.25, 0.3) is 0 Å². The molecule has 0 aliphatic rings. The van der Waals surface area contributed by atoms with Crippen molar-refractivity contribution in [2.24, 2.45) is 0 Å². The number of aromatic nitrogens is 1. The Labute approximate surface area is 190 Å². The predicted octanol–water partition coefficient (Wildman–Crippen LogP) is 2.81. The molecule has 33 heavy (non-hydrogen) atoms. The zero-order valence-electron chi connectivity index (χ0n) is 17.9. The number of anilines is 1. The van der Waals surface area contributed by atoms with E-state index in [4.69, 9.17) is 4.74 Å². The number of aromatic amines is 1. The second-order valence-corrected chi connectivity index (χ2v) is 9.53. The van der Waals surface area contributed by atoms with Crippen molar-refractivity contribution < 1.29 is 28.5 Å². The molecular weight excluding hydrogens is 446 g/mol. The number of hydrogen-bond donors (Lipinski definition) is 6. The summed E-state index contributed by atoms with van der Waals surface area (Å²) in [5, 5.41) is 35.0. The Balaban J connectivity index is 1.30. The van der Waals surface area contributed by atoms with Gasteiger partial charge in [0.2, 0.25) is 10.0 Å². The van der Waals surface area contributed by atoms with Crippen LogP contribution in [-0.2, 0) is 10.0 Å². The molecule has 1 atom stereocenters. The molecule has 4 aromatic rings.